The van der Waals surface area contributed by atoms with Crippen molar-refractivity contribution in [1.29, 1.82) is 0 Å². The van der Waals surface area contributed by atoms with E-state index in [4.69, 9.17) is 4.79 Å². The molecule has 0 fully saturated rings. The lowest BCUT2D eigenvalue weighted by molar-refractivity contribution is -0.0980. The quantitative estimate of drug-likeness (QED) is 0.177. The SMILES string of the molecule is C=O.CC.CC.CC.CC.CC.CC.CC.CC.COC.COC.COC.COC.Cc1ccccc1.Cc1ccccc1.c1ccccc1.c1ccccc1. The number of benzene rings is 4. The highest BCUT2D eigenvalue weighted by atomic mass is 16.5. The van der Waals surface area contributed by atoms with Gasteiger partial charge >= 0.3 is 0 Å². The molecule has 5 nitrogen and oxygen atoms in total. The van der Waals surface area contributed by atoms with Crippen molar-refractivity contribution < 1.29 is 23.7 Å². The summed E-state index contributed by atoms with van der Waals surface area (Å²) in [6.45, 7) is 38.2. The average molecular weight is 795 g/mol. The molecule has 0 aliphatic heterocycles. The molecule has 0 atom stereocenters. The summed E-state index contributed by atoms with van der Waals surface area (Å²) in [7, 11) is 13.0. The molecule has 5 heteroatoms. The number of hydrogen-bond acceptors (Lipinski definition) is 5. The fraction of sp³-hybridized carbons (Fsp3) is 0.510. The number of methoxy groups -OCH3 is 4. The van der Waals surface area contributed by atoms with Gasteiger partial charge in [-0.15, -0.1) is 0 Å². The lowest BCUT2D eigenvalue weighted by atomic mass is 10.2. The first-order valence-electron chi connectivity index (χ1n) is 20.4. The van der Waals surface area contributed by atoms with E-state index in [2.05, 4.69) is 57.1 Å². The van der Waals surface area contributed by atoms with Gasteiger partial charge in [0.05, 0.1) is 0 Å². The summed E-state index contributed by atoms with van der Waals surface area (Å²) in [6, 6.07) is 44.5. The molecule has 56 heavy (non-hydrogen) atoms. The molecule has 0 saturated carbocycles. The molecule has 0 radical (unpaired) electrons. The third-order valence-electron chi connectivity index (χ3n) is 3.21. The Morgan fingerprint density at radius 3 is 0.375 bits per heavy atom. The van der Waals surface area contributed by atoms with E-state index in [0.29, 0.717) is 0 Å². The first-order valence-corrected chi connectivity index (χ1v) is 20.4. The molecule has 0 aliphatic rings. The molecule has 0 N–H and O–H groups in total. The van der Waals surface area contributed by atoms with E-state index >= 15 is 0 Å². The minimum Gasteiger partial charge on any atom is -0.388 e. The van der Waals surface area contributed by atoms with Gasteiger partial charge in [-0.05, 0) is 13.8 Å². The Balaban J connectivity index is -0.0000000330. The molecule has 336 valence electrons. The van der Waals surface area contributed by atoms with Crippen molar-refractivity contribution in [3.63, 3.8) is 0 Å². The number of carbonyl (C=O) groups is 1. The Hall–Kier alpha value is -3.61. The second-order valence-corrected chi connectivity index (χ2v) is 7.25. The highest BCUT2D eigenvalue weighted by Gasteiger charge is 1.72. The van der Waals surface area contributed by atoms with Crippen LogP contribution in [0, 0.1) is 13.8 Å². The Labute approximate surface area is 355 Å². The van der Waals surface area contributed by atoms with Crippen molar-refractivity contribution in [3.8, 4) is 0 Å². The van der Waals surface area contributed by atoms with E-state index in [1.165, 1.54) is 11.1 Å². The molecule has 4 rings (SSSR count). The fourth-order valence-corrected chi connectivity index (χ4v) is 1.84. The Morgan fingerprint density at radius 2 is 0.321 bits per heavy atom. The topological polar surface area (TPSA) is 54.0 Å². The van der Waals surface area contributed by atoms with Crippen LogP contribution in [0.25, 0.3) is 0 Å². The second kappa shape index (κ2) is 162. The number of carbonyl (C=O) groups excluding carboxylic acids is 1. The summed E-state index contributed by atoms with van der Waals surface area (Å²) >= 11 is 0. The molecule has 0 heterocycles. The van der Waals surface area contributed by atoms with Crippen molar-refractivity contribution in [2.75, 3.05) is 56.9 Å². The van der Waals surface area contributed by atoms with Crippen molar-refractivity contribution in [3.05, 3.63) is 145 Å². The summed E-state index contributed by atoms with van der Waals surface area (Å²) < 4.78 is 17.0. The third kappa shape index (κ3) is 207. The van der Waals surface area contributed by atoms with Crippen molar-refractivity contribution >= 4 is 6.79 Å². The van der Waals surface area contributed by atoms with E-state index in [1.54, 1.807) is 56.9 Å². The maximum atomic E-state index is 8.00. The van der Waals surface area contributed by atoms with Gasteiger partial charge in [0.2, 0.25) is 0 Å². The maximum absolute atomic E-state index is 8.00. The standard InChI is InChI=1S/2C7H8.2C6H6.4C2H6O.8C2H6.CH2O/c2*1-7-5-3-2-4-6-7;2*1-2-4-6-5-3-1;4*1-3-2;9*1-2/h2*2-6H,1H3;2*1-6H;4*1-2H3;8*1-2H3;1H2. The normalized spacial score (nSPS) is 6.11. The highest BCUT2D eigenvalue weighted by Crippen LogP contribution is 1.92. The first-order chi connectivity index (χ1) is 27.4. The van der Waals surface area contributed by atoms with E-state index in [9.17, 15) is 0 Å². The van der Waals surface area contributed by atoms with Crippen LogP contribution in [-0.4, -0.2) is 63.7 Å². The van der Waals surface area contributed by atoms with Gasteiger partial charge in [-0.1, -0.05) is 255 Å². The molecule has 0 bridgehead atoms. The summed E-state index contributed by atoms with van der Waals surface area (Å²) in [5, 5.41) is 0. The predicted molar refractivity (Wildman–Crippen MR) is 265 cm³/mol. The molecule has 0 aromatic heterocycles. The fourth-order valence-electron chi connectivity index (χ4n) is 1.84. The average Bonchev–Trinajstić information content (AvgIpc) is 3.31. The van der Waals surface area contributed by atoms with Crippen molar-refractivity contribution in [2.45, 2.75) is 125 Å². The van der Waals surface area contributed by atoms with Crippen LogP contribution in [0.3, 0.4) is 0 Å². The van der Waals surface area contributed by atoms with E-state index in [0.717, 1.165) is 0 Å². The molecule has 0 spiro atoms. The Kier molecular flexibility index (Phi) is 258. The largest absolute Gasteiger partial charge is 0.388 e. The third-order valence-corrected chi connectivity index (χ3v) is 3.21. The number of aryl methyl sites for hydroxylation is 2. The molecule has 4 aromatic rings. The van der Waals surface area contributed by atoms with Crippen LogP contribution in [0.2, 0.25) is 0 Å². The van der Waals surface area contributed by atoms with Gasteiger partial charge in [0.1, 0.15) is 6.79 Å². The number of rotatable bonds is 0. The van der Waals surface area contributed by atoms with Gasteiger partial charge in [-0.3, -0.25) is 0 Å². The Morgan fingerprint density at radius 1 is 0.250 bits per heavy atom. The van der Waals surface area contributed by atoms with Crippen LogP contribution >= 0.6 is 0 Å². The minimum atomic E-state index is 1.32. The van der Waals surface area contributed by atoms with Gasteiger partial charge in [0.15, 0.2) is 0 Å². The summed E-state index contributed by atoms with van der Waals surface area (Å²) in [5.74, 6) is 0. The van der Waals surface area contributed by atoms with Gasteiger partial charge in [-0.2, -0.15) is 0 Å². The van der Waals surface area contributed by atoms with E-state index in [-0.39, 0.29) is 0 Å². The molecular formula is C51H102O5. The van der Waals surface area contributed by atoms with Crippen LogP contribution in [0.1, 0.15) is 122 Å². The Bertz CT molecular complexity index is 702. The van der Waals surface area contributed by atoms with Gasteiger partial charge in [0, 0.05) is 56.9 Å². The van der Waals surface area contributed by atoms with Crippen LogP contribution in [0.5, 0.6) is 0 Å². The van der Waals surface area contributed by atoms with Crippen molar-refractivity contribution in [1.82, 2.24) is 0 Å². The maximum Gasteiger partial charge on any atom is 0.106 e. The zero-order chi connectivity index (χ0) is 47.5. The minimum absolute atomic E-state index is 1.32. The molecule has 0 saturated heterocycles. The molecule has 0 unspecified atom stereocenters. The first kappa shape index (κ1) is 89.2. The lowest BCUT2D eigenvalue weighted by Crippen LogP contribution is -1.62. The molecule has 0 aliphatic carbocycles. The van der Waals surface area contributed by atoms with E-state index in [1.807, 2.05) is 227 Å². The lowest BCUT2D eigenvalue weighted by Gasteiger charge is -1.82. The van der Waals surface area contributed by atoms with Crippen LogP contribution in [-0.2, 0) is 23.7 Å². The van der Waals surface area contributed by atoms with Gasteiger partial charge < -0.3 is 23.7 Å². The van der Waals surface area contributed by atoms with Crippen LogP contribution in [0.15, 0.2) is 133 Å². The molecule has 4 aromatic carbocycles. The van der Waals surface area contributed by atoms with Crippen molar-refractivity contribution in [2.24, 2.45) is 0 Å². The van der Waals surface area contributed by atoms with Gasteiger partial charge in [0.25, 0.3) is 0 Å². The summed E-state index contributed by atoms with van der Waals surface area (Å²) in [4.78, 5) is 8.00. The predicted octanol–water partition coefficient (Wildman–Crippen LogP) is 16.4. The number of ether oxygens (including phenoxy) is 4. The van der Waals surface area contributed by atoms with Crippen LogP contribution < -0.4 is 0 Å². The molecular weight excluding hydrogens is 693 g/mol. The second-order valence-electron chi connectivity index (χ2n) is 7.25. The molecule has 0 amide bonds. The number of hydrogen-bond donors (Lipinski definition) is 0. The summed E-state index contributed by atoms with van der Waals surface area (Å²) in [6.07, 6.45) is 0. The van der Waals surface area contributed by atoms with Gasteiger partial charge in [-0.25, -0.2) is 0 Å². The van der Waals surface area contributed by atoms with E-state index < -0.39 is 0 Å². The highest BCUT2D eigenvalue weighted by molar-refractivity contribution is 5.12. The van der Waals surface area contributed by atoms with Crippen LogP contribution in [0.4, 0.5) is 0 Å². The smallest absolute Gasteiger partial charge is 0.106 e. The zero-order valence-electron chi connectivity index (χ0n) is 42.5. The zero-order valence-corrected chi connectivity index (χ0v) is 42.5. The monoisotopic (exact) mass is 795 g/mol. The summed E-state index contributed by atoms with van der Waals surface area (Å²) in [5.41, 5.74) is 2.64.